The van der Waals surface area contributed by atoms with Crippen LogP contribution in [0.3, 0.4) is 0 Å². The third kappa shape index (κ3) is 4.06. The Bertz CT molecular complexity index is 1720. The van der Waals surface area contributed by atoms with Crippen LogP contribution >= 0.6 is 0 Å². The summed E-state index contributed by atoms with van der Waals surface area (Å²) in [5.41, 5.74) is 5.74. The molecule has 0 aliphatic heterocycles. The molecule has 35 heavy (non-hydrogen) atoms. The molecule has 5 nitrogen and oxygen atoms in total. The molecule has 0 atom stereocenters. The van der Waals surface area contributed by atoms with Crippen LogP contribution in [0.4, 0.5) is 0 Å². The molecule has 0 aliphatic rings. The number of ether oxygens (including phenoxy) is 1. The van der Waals surface area contributed by atoms with Crippen LogP contribution in [0.15, 0.2) is 72.9 Å². The van der Waals surface area contributed by atoms with Gasteiger partial charge in [-0.1, -0.05) is 29.3 Å². The Morgan fingerprint density at radius 1 is 0.829 bits per heavy atom. The maximum absolute atomic E-state index is 10.3. The van der Waals surface area contributed by atoms with Gasteiger partial charge in [-0.15, -0.1) is 17.5 Å². The van der Waals surface area contributed by atoms with E-state index in [1.165, 1.54) is 5.56 Å². The molecule has 0 radical (unpaired) electrons. The van der Waals surface area contributed by atoms with Crippen molar-refractivity contribution in [1.82, 2.24) is 14.5 Å². The van der Waals surface area contributed by atoms with Crippen molar-refractivity contribution in [3.05, 3.63) is 95.7 Å². The Hall–Kier alpha value is -3.69. The van der Waals surface area contributed by atoms with Crippen LogP contribution in [-0.4, -0.2) is 19.6 Å². The number of nitrogens with zero attached hydrogens (tertiary/aromatic N) is 3. The zero-order valence-electron chi connectivity index (χ0n) is 19.4. The van der Waals surface area contributed by atoms with Gasteiger partial charge in [0.15, 0.2) is 0 Å². The first kappa shape index (κ1) is 23.1. The van der Waals surface area contributed by atoms with Crippen LogP contribution in [0.5, 0.6) is 17.4 Å². The smallest absolute Gasteiger partial charge is 0.217 e. The van der Waals surface area contributed by atoms with Crippen LogP contribution < -0.4 is 4.74 Å². The van der Waals surface area contributed by atoms with E-state index in [9.17, 15) is 5.11 Å². The first-order chi connectivity index (χ1) is 16.5. The van der Waals surface area contributed by atoms with E-state index in [1.807, 2.05) is 44.3 Å². The first-order valence-electron chi connectivity index (χ1n) is 11.1. The molecule has 0 unspecified atom stereocenters. The predicted octanol–water partition coefficient (Wildman–Crippen LogP) is 6.95. The number of fused-ring (bicyclic) bond motifs is 4. The normalized spacial score (nSPS) is 11.2. The Labute approximate surface area is 217 Å². The van der Waals surface area contributed by atoms with Crippen molar-refractivity contribution < 1.29 is 30.9 Å². The summed E-state index contributed by atoms with van der Waals surface area (Å²) in [5, 5.41) is 13.4. The number of benzene rings is 3. The van der Waals surface area contributed by atoms with Gasteiger partial charge in [-0.3, -0.25) is 0 Å². The maximum Gasteiger partial charge on any atom is 0.217 e. The Morgan fingerprint density at radius 2 is 1.66 bits per heavy atom. The molecule has 0 saturated heterocycles. The molecule has 3 aromatic heterocycles. The molecule has 0 saturated carbocycles. The summed E-state index contributed by atoms with van der Waals surface area (Å²) in [6, 6.07) is 25.3. The number of rotatable bonds is 3. The number of aromatic nitrogens is 3. The fourth-order valence-corrected chi connectivity index (χ4v) is 4.44. The minimum atomic E-state index is 0. The number of aryl methyl sites for hydroxylation is 3. The summed E-state index contributed by atoms with van der Waals surface area (Å²) in [7, 11) is 0. The van der Waals surface area contributed by atoms with E-state index in [0.29, 0.717) is 17.1 Å². The average molecular weight is 640 g/mol. The summed E-state index contributed by atoms with van der Waals surface area (Å²) >= 11 is 0. The molecular formula is C29H22N3O2Pt-. The SMILES string of the molecule is Cc1ccc(-n2c3[c-]c(Oc4ccc5cc(C)cc(O)c5n4)ccc3c3cc(C)ccc32)nc1.[Pt]. The van der Waals surface area contributed by atoms with Crippen molar-refractivity contribution in [3.63, 3.8) is 0 Å². The van der Waals surface area contributed by atoms with Gasteiger partial charge in [0.1, 0.15) is 17.1 Å². The van der Waals surface area contributed by atoms with Crippen molar-refractivity contribution in [2.75, 3.05) is 0 Å². The van der Waals surface area contributed by atoms with Gasteiger partial charge in [0.2, 0.25) is 5.88 Å². The van der Waals surface area contributed by atoms with E-state index in [0.717, 1.165) is 44.1 Å². The maximum atomic E-state index is 10.3. The predicted molar refractivity (Wildman–Crippen MR) is 135 cm³/mol. The molecule has 1 N–H and O–H groups in total. The topological polar surface area (TPSA) is 60.2 Å². The van der Waals surface area contributed by atoms with Crippen molar-refractivity contribution in [2.45, 2.75) is 20.8 Å². The molecule has 3 aromatic carbocycles. The fraction of sp³-hybridized carbons (Fsp3) is 0.103. The second-order valence-corrected chi connectivity index (χ2v) is 8.74. The number of hydrogen-bond acceptors (Lipinski definition) is 4. The molecule has 0 bridgehead atoms. The zero-order chi connectivity index (χ0) is 23.4. The third-order valence-electron chi connectivity index (χ3n) is 6.04. The number of phenols is 1. The number of phenolic OH excluding ortho intramolecular Hbond substituents is 1. The number of aromatic hydroxyl groups is 1. The summed E-state index contributed by atoms with van der Waals surface area (Å²) in [6.07, 6.45) is 1.87. The molecular weight excluding hydrogens is 617 g/mol. The van der Waals surface area contributed by atoms with Crippen LogP contribution in [0.25, 0.3) is 38.5 Å². The Morgan fingerprint density at radius 3 is 2.46 bits per heavy atom. The summed E-state index contributed by atoms with van der Waals surface area (Å²) in [6.45, 7) is 6.06. The van der Waals surface area contributed by atoms with Gasteiger partial charge < -0.3 is 14.4 Å². The van der Waals surface area contributed by atoms with Gasteiger partial charge >= 0.3 is 0 Å². The van der Waals surface area contributed by atoms with E-state index in [1.54, 1.807) is 12.1 Å². The zero-order valence-corrected chi connectivity index (χ0v) is 21.7. The van der Waals surface area contributed by atoms with Gasteiger partial charge in [0, 0.05) is 50.0 Å². The molecule has 176 valence electrons. The molecule has 0 spiro atoms. The third-order valence-corrected chi connectivity index (χ3v) is 6.04. The van der Waals surface area contributed by atoms with E-state index in [4.69, 9.17) is 4.74 Å². The van der Waals surface area contributed by atoms with Gasteiger partial charge in [-0.25, -0.2) is 9.97 Å². The second-order valence-electron chi connectivity index (χ2n) is 8.74. The molecule has 6 aromatic rings. The van der Waals surface area contributed by atoms with Crippen LogP contribution in [0.2, 0.25) is 0 Å². The van der Waals surface area contributed by atoms with Crippen LogP contribution in [0, 0.1) is 26.8 Å². The molecule has 0 aliphatic carbocycles. The Balaban J connectivity index is 0.00000253. The monoisotopic (exact) mass is 639 g/mol. The van der Waals surface area contributed by atoms with Gasteiger partial charge in [-0.2, -0.15) is 6.07 Å². The van der Waals surface area contributed by atoms with Crippen LogP contribution in [0.1, 0.15) is 16.7 Å². The van der Waals surface area contributed by atoms with E-state index in [-0.39, 0.29) is 26.8 Å². The van der Waals surface area contributed by atoms with Crippen molar-refractivity contribution >= 4 is 32.7 Å². The largest absolute Gasteiger partial charge is 0.506 e. The molecule has 0 fully saturated rings. The van der Waals surface area contributed by atoms with Gasteiger partial charge in [-0.05, 0) is 67.6 Å². The first-order valence-corrected chi connectivity index (χ1v) is 11.1. The van der Waals surface area contributed by atoms with E-state index < -0.39 is 0 Å². The molecule has 6 rings (SSSR count). The Kier molecular flexibility index (Phi) is 5.82. The van der Waals surface area contributed by atoms with Crippen molar-refractivity contribution in [1.29, 1.82) is 0 Å². The van der Waals surface area contributed by atoms with Gasteiger partial charge in [0.05, 0.1) is 0 Å². The van der Waals surface area contributed by atoms with E-state index in [2.05, 4.69) is 57.9 Å². The summed E-state index contributed by atoms with van der Waals surface area (Å²) < 4.78 is 8.21. The summed E-state index contributed by atoms with van der Waals surface area (Å²) in [4.78, 5) is 9.19. The summed E-state index contributed by atoms with van der Waals surface area (Å²) in [5.74, 6) is 1.90. The molecule has 0 amide bonds. The molecule has 6 heteroatoms. The average Bonchev–Trinajstić information content (AvgIpc) is 3.13. The molecule has 3 heterocycles. The fourth-order valence-electron chi connectivity index (χ4n) is 4.44. The second kappa shape index (κ2) is 8.83. The number of hydrogen-bond donors (Lipinski definition) is 1. The van der Waals surface area contributed by atoms with Crippen molar-refractivity contribution in [3.8, 4) is 23.2 Å². The van der Waals surface area contributed by atoms with Crippen molar-refractivity contribution in [2.24, 2.45) is 0 Å². The number of pyridine rings is 2. The minimum absolute atomic E-state index is 0. The quantitative estimate of drug-likeness (QED) is 0.213. The minimum Gasteiger partial charge on any atom is -0.506 e. The van der Waals surface area contributed by atoms with E-state index >= 15 is 0 Å². The van der Waals surface area contributed by atoms with Gasteiger partial charge in [0.25, 0.3) is 0 Å². The van der Waals surface area contributed by atoms with Crippen LogP contribution in [-0.2, 0) is 21.1 Å². The standard InChI is InChI=1S/C29H22N3O2.Pt/c1-17-4-9-24-23(13-17)22-8-7-21(15-25(22)32(24)27-10-5-18(2)16-30-27)34-28-11-6-20-12-19(3)14-26(33)29(20)31-28;/h4-14,16,33H,1-3H3;/q-1;.